The van der Waals surface area contributed by atoms with Gasteiger partial charge in [0.15, 0.2) is 5.69 Å². The van der Waals surface area contributed by atoms with Crippen molar-refractivity contribution in [1.82, 2.24) is 15.5 Å². The molecule has 18 heavy (non-hydrogen) atoms. The van der Waals surface area contributed by atoms with Gasteiger partial charge in [-0.2, -0.15) is 5.10 Å². The SMILES string of the molecule is CCCC(C)NC(=O)c1n[nH]c2ccc(N)cc12. The summed E-state index contributed by atoms with van der Waals surface area (Å²) in [5, 5.41) is 10.6. The fraction of sp³-hybridized carbons (Fsp3) is 0.385. The quantitative estimate of drug-likeness (QED) is 0.722. The number of rotatable bonds is 4. The normalized spacial score (nSPS) is 12.6. The zero-order chi connectivity index (χ0) is 13.1. The number of nitrogen functional groups attached to an aromatic ring is 1. The molecule has 0 spiro atoms. The molecule has 0 aliphatic carbocycles. The Morgan fingerprint density at radius 1 is 1.56 bits per heavy atom. The standard InChI is InChI=1S/C13H18N4O/c1-3-4-8(2)15-13(18)12-10-7-9(14)5-6-11(10)16-17-12/h5-8H,3-4,14H2,1-2H3,(H,15,18)(H,16,17). The van der Waals surface area contributed by atoms with Crippen molar-refractivity contribution in [3.8, 4) is 0 Å². The van der Waals surface area contributed by atoms with Crippen LogP contribution in [0.5, 0.6) is 0 Å². The van der Waals surface area contributed by atoms with Gasteiger partial charge in [-0.3, -0.25) is 9.89 Å². The Bertz CT molecular complexity index is 561. The maximum Gasteiger partial charge on any atom is 0.272 e. The minimum absolute atomic E-state index is 0.148. The number of amides is 1. The molecule has 1 atom stereocenters. The minimum atomic E-state index is -0.159. The Kier molecular flexibility index (Phi) is 3.50. The van der Waals surface area contributed by atoms with Crippen molar-refractivity contribution >= 4 is 22.5 Å². The van der Waals surface area contributed by atoms with Crippen molar-refractivity contribution in [2.24, 2.45) is 0 Å². The predicted octanol–water partition coefficient (Wildman–Crippen LogP) is 2.06. The van der Waals surface area contributed by atoms with E-state index in [0.717, 1.165) is 23.7 Å². The van der Waals surface area contributed by atoms with E-state index in [1.54, 1.807) is 12.1 Å². The average molecular weight is 246 g/mol. The number of carbonyl (C=O) groups is 1. The van der Waals surface area contributed by atoms with Gasteiger partial charge < -0.3 is 11.1 Å². The highest BCUT2D eigenvalue weighted by atomic mass is 16.2. The number of nitrogens with one attached hydrogen (secondary N) is 2. The monoisotopic (exact) mass is 246 g/mol. The Labute approximate surface area is 106 Å². The van der Waals surface area contributed by atoms with Crippen LogP contribution in [-0.4, -0.2) is 22.1 Å². The lowest BCUT2D eigenvalue weighted by Gasteiger charge is -2.11. The summed E-state index contributed by atoms with van der Waals surface area (Å²) >= 11 is 0. The maximum atomic E-state index is 12.1. The third-order valence-electron chi connectivity index (χ3n) is 2.90. The van der Waals surface area contributed by atoms with Crippen LogP contribution in [-0.2, 0) is 0 Å². The van der Waals surface area contributed by atoms with Gasteiger partial charge in [0, 0.05) is 17.1 Å². The number of hydrogen-bond acceptors (Lipinski definition) is 3. The summed E-state index contributed by atoms with van der Waals surface area (Å²) in [6.07, 6.45) is 1.99. The summed E-state index contributed by atoms with van der Waals surface area (Å²) in [4.78, 5) is 12.1. The molecule has 0 bridgehead atoms. The van der Waals surface area contributed by atoms with E-state index in [1.165, 1.54) is 0 Å². The van der Waals surface area contributed by atoms with Gasteiger partial charge in [0.1, 0.15) is 0 Å². The molecule has 1 amide bonds. The Balaban J connectivity index is 2.25. The molecular formula is C13H18N4O. The number of aromatic nitrogens is 2. The van der Waals surface area contributed by atoms with Crippen LogP contribution in [0.3, 0.4) is 0 Å². The molecule has 0 fully saturated rings. The van der Waals surface area contributed by atoms with Gasteiger partial charge >= 0.3 is 0 Å². The van der Waals surface area contributed by atoms with Crippen molar-refractivity contribution in [3.63, 3.8) is 0 Å². The molecule has 1 aromatic carbocycles. The first-order valence-electron chi connectivity index (χ1n) is 6.16. The summed E-state index contributed by atoms with van der Waals surface area (Å²) in [6, 6.07) is 5.51. The lowest BCUT2D eigenvalue weighted by atomic mass is 10.1. The second-order valence-corrected chi connectivity index (χ2v) is 4.54. The maximum absolute atomic E-state index is 12.1. The number of nitrogens with zero attached hydrogens (tertiary/aromatic N) is 1. The smallest absolute Gasteiger partial charge is 0.272 e. The molecule has 5 nitrogen and oxygen atoms in total. The highest BCUT2D eigenvalue weighted by molar-refractivity contribution is 6.05. The predicted molar refractivity (Wildman–Crippen MR) is 72.3 cm³/mol. The highest BCUT2D eigenvalue weighted by Gasteiger charge is 2.15. The fourth-order valence-electron chi connectivity index (χ4n) is 2.00. The molecule has 0 aliphatic rings. The van der Waals surface area contributed by atoms with Gasteiger partial charge in [0.05, 0.1) is 5.52 Å². The molecule has 5 heteroatoms. The number of nitrogens with two attached hydrogens (primary N) is 1. The summed E-state index contributed by atoms with van der Waals surface area (Å²) < 4.78 is 0. The number of fused-ring (bicyclic) bond motifs is 1. The van der Waals surface area contributed by atoms with E-state index in [0.29, 0.717) is 11.4 Å². The van der Waals surface area contributed by atoms with Crippen LogP contribution in [0.25, 0.3) is 10.9 Å². The van der Waals surface area contributed by atoms with Crippen molar-refractivity contribution in [3.05, 3.63) is 23.9 Å². The van der Waals surface area contributed by atoms with Gasteiger partial charge in [-0.05, 0) is 31.5 Å². The van der Waals surface area contributed by atoms with Crippen molar-refractivity contribution in [2.75, 3.05) is 5.73 Å². The van der Waals surface area contributed by atoms with Gasteiger partial charge in [0.2, 0.25) is 0 Å². The summed E-state index contributed by atoms with van der Waals surface area (Å²) in [7, 11) is 0. The number of H-pyrrole nitrogens is 1. The van der Waals surface area contributed by atoms with E-state index in [1.807, 2.05) is 13.0 Å². The van der Waals surface area contributed by atoms with Crippen LogP contribution in [0.4, 0.5) is 5.69 Å². The van der Waals surface area contributed by atoms with E-state index in [-0.39, 0.29) is 11.9 Å². The average Bonchev–Trinajstić information content (AvgIpc) is 2.71. The molecule has 0 aliphatic heterocycles. The molecule has 0 saturated heterocycles. The van der Waals surface area contributed by atoms with E-state index < -0.39 is 0 Å². The Morgan fingerprint density at radius 3 is 3.06 bits per heavy atom. The number of carbonyl (C=O) groups excluding carboxylic acids is 1. The molecule has 2 aromatic rings. The zero-order valence-corrected chi connectivity index (χ0v) is 10.7. The Morgan fingerprint density at radius 2 is 2.33 bits per heavy atom. The van der Waals surface area contributed by atoms with Gasteiger partial charge in [-0.1, -0.05) is 13.3 Å². The number of anilines is 1. The number of hydrogen-bond donors (Lipinski definition) is 3. The summed E-state index contributed by atoms with van der Waals surface area (Å²) in [5.41, 5.74) is 7.57. The van der Waals surface area contributed by atoms with Crippen LogP contribution in [0.2, 0.25) is 0 Å². The van der Waals surface area contributed by atoms with E-state index in [2.05, 4.69) is 22.4 Å². The van der Waals surface area contributed by atoms with Crippen LogP contribution >= 0.6 is 0 Å². The molecular weight excluding hydrogens is 228 g/mol. The lowest BCUT2D eigenvalue weighted by Crippen LogP contribution is -2.32. The molecule has 1 aromatic heterocycles. The van der Waals surface area contributed by atoms with Crippen LogP contribution in [0.15, 0.2) is 18.2 Å². The first-order valence-corrected chi connectivity index (χ1v) is 6.16. The Hall–Kier alpha value is -2.04. The van der Waals surface area contributed by atoms with E-state index >= 15 is 0 Å². The molecule has 1 unspecified atom stereocenters. The lowest BCUT2D eigenvalue weighted by molar-refractivity contribution is 0.0935. The van der Waals surface area contributed by atoms with Gasteiger partial charge in [-0.25, -0.2) is 0 Å². The largest absolute Gasteiger partial charge is 0.399 e. The molecule has 4 N–H and O–H groups in total. The van der Waals surface area contributed by atoms with Crippen molar-refractivity contribution < 1.29 is 4.79 Å². The molecule has 0 saturated carbocycles. The van der Waals surface area contributed by atoms with Crippen molar-refractivity contribution in [1.29, 1.82) is 0 Å². The molecule has 0 radical (unpaired) electrons. The first kappa shape index (κ1) is 12.4. The zero-order valence-electron chi connectivity index (χ0n) is 10.7. The van der Waals surface area contributed by atoms with Gasteiger partial charge in [-0.15, -0.1) is 0 Å². The second kappa shape index (κ2) is 5.08. The van der Waals surface area contributed by atoms with E-state index in [4.69, 9.17) is 5.73 Å². The second-order valence-electron chi connectivity index (χ2n) is 4.54. The fourth-order valence-corrected chi connectivity index (χ4v) is 2.00. The highest BCUT2D eigenvalue weighted by Crippen LogP contribution is 2.18. The van der Waals surface area contributed by atoms with Crippen LogP contribution in [0, 0.1) is 0 Å². The minimum Gasteiger partial charge on any atom is -0.399 e. The summed E-state index contributed by atoms with van der Waals surface area (Å²) in [5.74, 6) is -0.159. The van der Waals surface area contributed by atoms with Crippen molar-refractivity contribution in [2.45, 2.75) is 32.7 Å². The van der Waals surface area contributed by atoms with Crippen LogP contribution < -0.4 is 11.1 Å². The summed E-state index contributed by atoms with van der Waals surface area (Å²) in [6.45, 7) is 4.08. The first-order chi connectivity index (χ1) is 8.61. The molecule has 1 heterocycles. The topological polar surface area (TPSA) is 83.8 Å². The van der Waals surface area contributed by atoms with E-state index in [9.17, 15) is 4.79 Å². The third kappa shape index (κ3) is 2.45. The van der Waals surface area contributed by atoms with Crippen LogP contribution in [0.1, 0.15) is 37.2 Å². The van der Waals surface area contributed by atoms with Gasteiger partial charge in [0.25, 0.3) is 5.91 Å². The number of aromatic amines is 1. The molecule has 96 valence electrons. The number of benzene rings is 1. The third-order valence-corrected chi connectivity index (χ3v) is 2.90. The molecule has 2 rings (SSSR count).